The average Bonchev–Trinajstić information content (AvgIpc) is 2.53. The lowest BCUT2D eigenvalue weighted by Crippen LogP contribution is -2.36. The second-order valence-corrected chi connectivity index (χ2v) is 5.43. The zero-order chi connectivity index (χ0) is 12.5. The van der Waals surface area contributed by atoms with Crippen LogP contribution in [0.2, 0.25) is 0 Å². The normalized spacial score (nSPS) is 21.4. The summed E-state index contributed by atoms with van der Waals surface area (Å²) in [4.78, 5) is 5.12. The molecule has 1 atom stereocenters. The summed E-state index contributed by atoms with van der Waals surface area (Å²) >= 11 is 0. The van der Waals surface area contributed by atoms with Gasteiger partial charge in [-0.15, -0.1) is 0 Å². The Balaban J connectivity index is 2.11. The maximum atomic E-state index is 3.49. The van der Waals surface area contributed by atoms with Crippen LogP contribution in [0.15, 0.2) is 0 Å². The Morgan fingerprint density at radius 3 is 2.71 bits per heavy atom. The first kappa shape index (κ1) is 14.9. The highest BCUT2D eigenvalue weighted by Crippen LogP contribution is 2.10. The van der Waals surface area contributed by atoms with Gasteiger partial charge in [-0.25, -0.2) is 0 Å². The molecule has 1 rings (SSSR count). The third kappa shape index (κ3) is 6.39. The predicted octanol–water partition coefficient (Wildman–Crippen LogP) is 1.79. The second-order valence-electron chi connectivity index (χ2n) is 5.43. The van der Waals surface area contributed by atoms with Crippen molar-refractivity contribution in [1.29, 1.82) is 0 Å². The van der Waals surface area contributed by atoms with Crippen molar-refractivity contribution < 1.29 is 0 Å². The molecule has 0 aromatic rings. The highest BCUT2D eigenvalue weighted by atomic mass is 15.2. The highest BCUT2D eigenvalue weighted by Gasteiger charge is 2.16. The van der Waals surface area contributed by atoms with Crippen molar-refractivity contribution in [3.63, 3.8) is 0 Å². The first-order valence-corrected chi connectivity index (χ1v) is 7.37. The van der Waals surface area contributed by atoms with Crippen LogP contribution in [0.1, 0.15) is 39.5 Å². The van der Waals surface area contributed by atoms with Crippen molar-refractivity contribution in [1.82, 2.24) is 15.1 Å². The number of nitrogens with one attached hydrogen (secondary N) is 1. The smallest absolute Gasteiger partial charge is 0.0112 e. The summed E-state index contributed by atoms with van der Waals surface area (Å²) in [5.41, 5.74) is 0. The summed E-state index contributed by atoms with van der Waals surface area (Å²) in [6, 6.07) is 0.755. The first-order valence-electron chi connectivity index (χ1n) is 7.37. The van der Waals surface area contributed by atoms with Gasteiger partial charge in [0.25, 0.3) is 0 Å². The van der Waals surface area contributed by atoms with Crippen molar-refractivity contribution in [2.75, 3.05) is 46.3 Å². The van der Waals surface area contributed by atoms with Gasteiger partial charge in [-0.1, -0.05) is 6.92 Å². The topological polar surface area (TPSA) is 18.5 Å². The Hall–Kier alpha value is -0.120. The molecule has 3 heteroatoms. The SMILES string of the molecule is CCCNCCCC(C)N1CCCN(C)CC1. The molecule has 1 aliphatic rings. The molecular formula is C14H31N3. The largest absolute Gasteiger partial charge is 0.317 e. The van der Waals surface area contributed by atoms with Crippen LogP contribution in [0.5, 0.6) is 0 Å². The predicted molar refractivity (Wildman–Crippen MR) is 75.5 cm³/mol. The van der Waals surface area contributed by atoms with Gasteiger partial charge >= 0.3 is 0 Å². The molecule has 0 aromatic carbocycles. The van der Waals surface area contributed by atoms with E-state index in [4.69, 9.17) is 0 Å². The van der Waals surface area contributed by atoms with Gasteiger partial charge in [-0.2, -0.15) is 0 Å². The molecule has 0 radical (unpaired) electrons. The Kier molecular flexibility index (Phi) is 7.82. The van der Waals surface area contributed by atoms with E-state index in [1.165, 1.54) is 65.0 Å². The van der Waals surface area contributed by atoms with Crippen molar-refractivity contribution >= 4 is 0 Å². The van der Waals surface area contributed by atoms with Gasteiger partial charge in [0.05, 0.1) is 0 Å². The minimum Gasteiger partial charge on any atom is -0.317 e. The van der Waals surface area contributed by atoms with Crippen LogP contribution < -0.4 is 5.32 Å². The van der Waals surface area contributed by atoms with Crippen molar-refractivity contribution in [3.05, 3.63) is 0 Å². The van der Waals surface area contributed by atoms with Crippen LogP contribution in [0.4, 0.5) is 0 Å². The maximum absolute atomic E-state index is 3.49. The van der Waals surface area contributed by atoms with Crippen LogP contribution in [-0.4, -0.2) is 62.2 Å². The third-order valence-corrected chi connectivity index (χ3v) is 3.78. The highest BCUT2D eigenvalue weighted by molar-refractivity contribution is 4.73. The molecule has 1 fully saturated rings. The molecule has 17 heavy (non-hydrogen) atoms. The van der Waals surface area contributed by atoms with Crippen molar-refractivity contribution in [2.45, 2.75) is 45.6 Å². The third-order valence-electron chi connectivity index (χ3n) is 3.78. The van der Waals surface area contributed by atoms with E-state index in [0.29, 0.717) is 0 Å². The van der Waals surface area contributed by atoms with Crippen molar-refractivity contribution in [3.8, 4) is 0 Å². The van der Waals surface area contributed by atoms with Crippen LogP contribution in [0, 0.1) is 0 Å². The van der Waals surface area contributed by atoms with Gasteiger partial charge < -0.3 is 10.2 Å². The van der Waals surface area contributed by atoms with Gasteiger partial charge in [0, 0.05) is 19.1 Å². The van der Waals surface area contributed by atoms with Crippen molar-refractivity contribution in [2.24, 2.45) is 0 Å². The summed E-state index contributed by atoms with van der Waals surface area (Å²) in [6.45, 7) is 12.0. The standard InChI is InChI=1S/C14H31N3/c1-4-8-15-9-5-7-14(2)17-11-6-10-16(3)12-13-17/h14-15H,4-13H2,1-3H3. The molecule has 0 saturated carbocycles. The van der Waals surface area contributed by atoms with E-state index in [2.05, 4.69) is 36.0 Å². The minimum atomic E-state index is 0.755. The Morgan fingerprint density at radius 1 is 1.12 bits per heavy atom. The van der Waals surface area contributed by atoms with Crippen LogP contribution >= 0.6 is 0 Å². The molecule has 3 nitrogen and oxygen atoms in total. The molecule has 102 valence electrons. The monoisotopic (exact) mass is 241 g/mol. The zero-order valence-electron chi connectivity index (χ0n) is 12.0. The minimum absolute atomic E-state index is 0.755. The summed E-state index contributed by atoms with van der Waals surface area (Å²) in [5, 5.41) is 3.49. The quantitative estimate of drug-likeness (QED) is 0.686. The van der Waals surface area contributed by atoms with Crippen LogP contribution in [-0.2, 0) is 0 Å². The lowest BCUT2D eigenvalue weighted by Gasteiger charge is -2.27. The lowest BCUT2D eigenvalue weighted by atomic mass is 10.1. The molecule has 0 amide bonds. The van der Waals surface area contributed by atoms with E-state index >= 15 is 0 Å². The molecular weight excluding hydrogens is 210 g/mol. The number of nitrogens with zero attached hydrogens (tertiary/aromatic N) is 2. The fourth-order valence-electron chi connectivity index (χ4n) is 2.51. The fraction of sp³-hybridized carbons (Fsp3) is 1.00. The Bertz CT molecular complexity index is 184. The maximum Gasteiger partial charge on any atom is 0.0112 e. The molecule has 0 aromatic heterocycles. The van der Waals surface area contributed by atoms with E-state index in [0.717, 1.165) is 6.04 Å². The summed E-state index contributed by atoms with van der Waals surface area (Å²) < 4.78 is 0. The van der Waals surface area contributed by atoms with E-state index < -0.39 is 0 Å². The van der Waals surface area contributed by atoms with Gasteiger partial charge in [0.2, 0.25) is 0 Å². The van der Waals surface area contributed by atoms with Gasteiger partial charge in [0.15, 0.2) is 0 Å². The molecule has 1 heterocycles. The molecule has 1 unspecified atom stereocenters. The van der Waals surface area contributed by atoms with Crippen LogP contribution in [0.25, 0.3) is 0 Å². The Labute approximate surface area is 108 Å². The summed E-state index contributed by atoms with van der Waals surface area (Å²) in [5.74, 6) is 0. The molecule has 0 aliphatic carbocycles. The van der Waals surface area contributed by atoms with E-state index in [-0.39, 0.29) is 0 Å². The van der Waals surface area contributed by atoms with E-state index in [1.54, 1.807) is 0 Å². The van der Waals surface area contributed by atoms with Gasteiger partial charge in [0.1, 0.15) is 0 Å². The summed E-state index contributed by atoms with van der Waals surface area (Å²) in [7, 11) is 2.24. The first-order chi connectivity index (χ1) is 8.24. The zero-order valence-corrected chi connectivity index (χ0v) is 12.0. The summed E-state index contributed by atoms with van der Waals surface area (Å²) in [6.07, 6.45) is 5.22. The average molecular weight is 241 g/mol. The molecule has 1 N–H and O–H groups in total. The second kappa shape index (κ2) is 8.90. The van der Waals surface area contributed by atoms with E-state index in [9.17, 15) is 0 Å². The van der Waals surface area contributed by atoms with Gasteiger partial charge in [-0.3, -0.25) is 4.90 Å². The van der Waals surface area contributed by atoms with Crippen LogP contribution in [0.3, 0.4) is 0 Å². The number of hydrogen-bond acceptors (Lipinski definition) is 3. The number of hydrogen-bond donors (Lipinski definition) is 1. The molecule has 0 bridgehead atoms. The number of rotatable bonds is 7. The molecule has 1 aliphatic heterocycles. The van der Waals surface area contributed by atoms with Gasteiger partial charge in [-0.05, 0) is 65.8 Å². The fourth-order valence-corrected chi connectivity index (χ4v) is 2.51. The Morgan fingerprint density at radius 2 is 1.94 bits per heavy atom. The van der Waals surface area contributed by atoms with E-state index in [1.807, 2.05) is 0 Å². The molecule has 0 spiro atoms. The lowest BCUT2D eigenvalue weighted by molar-refractivity contribution is 0.203. The molecule has 1 saturated heterocycles. The number of likely N-dealkylation sites (N-methyl/N-ethyl adjacent to an activating group) is 1.